The maximum atomic E-state index is 12.3. The first-order valence-electron chi connectivity index (χ1n) is 10.1. The molecule has 1 aromatic carbocycles. The largest absolute Gasteiger partial charge is 0.338 e. The van der Waals surface area contributed by atoms with Gasteiger partial charge >= 0.3 is 0 Å². The lowest BCUT2D eigenvalue weighted by molar-refractivity contribution is -0.131. The molecule has 0 saturated heterocycles. The molecule has 2 aliphatic rings. The monoisotopic (exact) mass is 366 g/mol. The molecule has 5 nitrogen and oxygen atoms in total. The van der Waals surface area contributed by atoms with Gasteiger partial charge in [0.15, 0.2) is 0 Å². The lowest BCUT2D eigenvalue weighted by Crippen LogP contribution is -2.40. The smallest absolute Gasteiger partial charge is 0.237 e. The maximum absolute atomic E-state index is 12.3. The van der Waals surface area contributed by atoms with E-state index in [-0.39, 0.29) is 5.91 Å². The minimum atomic E-state index is 0.209. The van der Waals surface area contributed by atoms with Crippen LogP contribution in [0.3, 0.4) is 0 Å². The summed E-state index contributed by atoms with van der Waals surface area (Å²) in [5.74, 6) is 0.209. The van der Waals surface area contributed by atoms with Crippen LogP contribution in [0.5, 0.6) is 0 Å². The van der Waals surface area contributed by atoms with Gasteiger partial charge in [-0.15, -0.1) is 0 Å². The molecule has 5 heteroatoms. The van der Waals surface area contributed by atoms with E-state index in [4.69, 9.17) is 5.10 Å². The number of benzene rings is 1. The van der Waals surface area contributed by atoms with E-state index < -0.39 is 0 Å². The summed E-state index contributed by atoms with van der Waals surface area (Å²) in [6.07, 6.45) is 10.3. The first-order chi connectivity index (χ1) is 13.0. The van der Waals surface area contributed by atoms with Gasteiger partial charge in [0.05, 0.1) is 24.3 Å². The SMILES string of the molecule is Cc1cc(C2=CCN(C(=O)CN(C)C)CC2)cc2c1cnn2C1CCCC1. The van der Waals surface area contributed by atoms with E-state index in [1.165, 1.54) is 53.3 Å². The Morgan fingerprint density at radius 2 is 2.04 bits per heavy atom. The molecule has 2 aromatic rings. The molecule has 0 bridgehead atoms. The first-order valence-corrected chi connectivity index (χ1v) is 10.1. The van der Waals surface area contributed by atoms with Crippen LogP contribution in [0.2, 0.25) is 0 Å². The number of nitrogens with zero attached hydrogens (tertiary/aromatic N) is 4. The fraction of sp³-hybridized carbons (Fsp3) is 0.545. The number of carbonyl (C=O) groups excluding carboxylic acids is 1. The molecule has 4 rings (SSSR count). The Hall–Kier alpha value is -2.14. The molecule has 1 aliphatic heterocycles. The van der Waals surface area contributed by atoms with Crippen molar-refractivity contribution >= 4 is 22.4 Å². The summed E-state index contributed by atoms with van der Waals surface area (Å²) in [7, 11) is 3.88. The van der Waals surface area contributed by atoms with Crippen molar-refractivity contribution in [1.82, 2.24) is 19.6 Å². The van der Waals surface area contributed by atoms with Crippen molar-refractivity contribution in [3.63, 3.8) is 0 Å². The van der Waals surface area contributed by atoms with E-state index in [2.05, 4.69) is 29.8 Å². The molecular weight excluding hydrogens is 336 g/mol. The van der Waals surface area contributed by atoms with Crippen LogP contribution in [0.25, 0.3) is 16.5 Å². The number of aromatic nitrogens is 2. The molecule has 0 spiro atoms. The minimum Gasteiger partial charge on any atom is -0.338 e. The van der Waals surface area contributed by atoms with E-state index >= 15 is 0 Å². The fourth-order valence-electron chi connectivity index (χ4n) is 4.47. The first kappa shape index (κ1) is 18.2. The van der Waals surface area contributed by atoms with Crippen molar-refractivity contribution in [2.24, 2.45) is 0 Å². The summed E-state index contributed by atoms with van der Waals surface area (Å²) in [6.45, 7) is 4.18. The van der Waals surface area contributed by atoms with Crippen molar-refractivity contribution in [3.05, 3.63) is 35.5 Å². The number of hydrogen-bond donors (Lipinski definition) is 0. The quantitative estimate of drug-likeness (QED) is 0.830. The number of carbonyl (C=O) groups is 1. The van der Waals surface area contributed by atoms with Gasteiger partial charge in [0.25, 0.3) is 0 Å². The van der Waals surface area contributed by atoms with Gasteiger partial charge < -0.3 is 9.80 Å². The van der Waals surface area contributed by atoms with Gasteiger partial charge in [0, 0.05) is 18.5 Å². The summed E-state index contributed by atoms with van der Waals surface area (Å²) < 4.78 is 2.26. The van der Waals surface area contributed by atoms with E-state index in [0.29, 0.717) is 19.1 Å². The number of aryl methyl sites for hydroxylation is 1. The Kier molecular flexibility index (Phi) is 5.04. The van der Waals surface area contributed by atoms with Crippen molar-refractivity contribution < 1.29 is 4.79 Å². The lowest BCUT2D eigenvalue weighted by atomic mass is 9.96. The number of likely N-dealkylation sites (N-methyl/N-ethyl adjacent to an activating group) is 1. The molecule has 0 radical (unpaired) electrons. The summed E-state index contributed by atoms with van der Waals surface area (Å²) in [6, 6.07) is 5.15. The van der Waals surface area contributed by atoms with Crippen LogP contribution in [0.4, 0.5) is 0 Å². The van der Waals surface area contributed by atoms with Gasteiger partial charge in [0.2, 0.25) is 5.91 Å². The molecule has 1 saturated carbocycles. The van der Waals surface area contributed by atoms with Gasteiger partial charge in [-0.25, -0.2) is 0 Å². The second-order valence-electron chi connectivity index (χ2n) is 8.31. The molecule has 2 heterocycles. The van der Waals surface area contributed by atoms with E-state index in [9.17, 15) is 4.79 Å². The van der Waals surface area contributed by atoms with Crippen molar-refractivity contribution in [3.8, 4) is 0 Å². The van der Waals surface area contributed by atoms with Crippen LogP contribution < -0.4 is 0 Å². The fourth-order valence-corrected chi connectivity index (χ4v) is 4.47. The van der Waals surface area contributed by atoms with Gasteiger partial charge in [-0.3, -0.25) is 9.48 Å². The van der Waals surface area contributed by atoms with Gasteiger partial charge in [-0.1, -0.05) is 25.0 Å². The van der Waals surface area contributed by atoms with Crippen molar-refractivity contribution in [1.29, 1.82) is 0 Å². The molecule has 0 unspecified atom stereocenters. The predicted molar refractivity (Wildman–Crippen MR) is 110 cm³/mol. The van der Waals surface area contributed by atoms with Crippen LogP contribution in [0, 0.1) is 6.92 Å². The summed E-state index contributed by atoms with van der Waals surface area (Å²) in [5.41, 5.74) is 5.20. The molecule has 144 valence electrons. The highest BCUT2D eigenvalue weighted by molar-refractivity contribution is 5.87. The third kappa shape index (κ3) is 3.65. The van der Waals surface area contributed by atoms with Crippen molar-refractivity contribution in [2.45, 2.75) is 45.1 Å². The Balaban J connectivity index is 1.59. The highest BCUT2D eigenvalue weighted by atomic mass is 16.2. The third-order valence-electron chi connectivity index (χ3n) is 5.98. The molecule has 1 aliphatic carbocycles. The number of amides is 1. The zero-order chi connectivity index (χ0) is 19.0. The number of hydrogen-bond acceptors (Lipinski definition) is 3. The van der Waals surface area contributed by atoms with E-state index in [1.807, 2.05) is 30.1 Å². The molecule has 27 heavy (non-hydrogen) atoms. The highest BCUT2D eigenvalue weighted by Gasteiger charge is 2.22. The summed E-state index contributed by atoms with van der Waals surface area (Å²) in [5, 5.41) is 6.00. The average molecular weight is 367 g/mol. The van der Waals surface area contributed by atoms with Crippen LogP contribution >= 0.6 is 0 Å². The minimum absolute atomic E-state index is 0.209. The highest BCUT2D eigenvalue weighted by Crippen LogP contribution is 2.34. The number of fused-ring (bicyclic) bond motifs is 1. The molecule has 1 amide bonds. The predicted octanol–water partition coefficient (Wildman–Crippen LogP) is 3.64. The Labute approximate surface area is 161 Å². The zero-order valence-electron chi connectivity index (χ0n) is 16.7. The second kappa shape index (κ2) is 7.47. The van der Waals surface area contributed by atoms with Crippen LogP contribution in [0.15, 0.2) is 24.4 Å². The number of rotatable bonds is 4. The zero-order valence-corrected chi connectivity index (χ0v) is 16.7. The maximum Gasteiger partial charge on any atom is 0.237 e. The Morgan fingerprint density at radius 3 is 2.70 bits per heavy atom. The normalized spacial score (nSPS) is 18.5. The van der Waals surface area contributed by atoms with Gasteiger partial charge in [0.1, 0.15) is 0 Å². The standard InChI is InChI=1S/C22H30N4O/c1-16-12-18(17-8-10-25(11-9-17)22(27)15-24(2)3)13-21-20(16)14-23-26(21)19-6-4-5-7-19/h8,12-14,19H,4-7,9-11,15H2,1-3H3. The second-order valence-corrected chi connectivity index (χ2v) is 8.31. The van der Waals surface area contributed by atoms with Gasteiger partial charge in [-0.05, 0) is 63.0 Å². The molecule has 1 aromatic heterocycles. The molecule has 0 N–H and O–H groups in total. The van der Waals surface area contributed by atoms with Gasteiger partial charge in [-0.2, -0.15) is 5.10 Å². The van der Waals surface area contributed by atoms with Crippen molar-refractivity contribution in [2.75, 3.05) is 33.7 Å². The Bertz CT molecular complexity index is 874. The summed E-state index contributed by atoms with van der Waals surface area (Å²) >= 11 is 0. The average Bonchev–Trinajstić information content (AvgIpc) is 3.30. The molecule has 1 fully saturated rings. The molecular formula is C22H30N4O. The Morgan fingerprint density at radius 1 is 1.26 bits per heavy atom. The summed E-state index contributed by atoms with van der Waals surface area (Å²) in [4.78, 5) is 16.2. The molecule has 0 atom stereocenters. The lowest BCUT2D eigenvalue weighted by Gasteiger charge is -2.28. The van der Waals surface area contributed by atoms with Crippen LogP contribution in [0.1, 0.15) is 49.3 Å². The van der Waals surface area contributed by atoms with E-state index in [1.54, 1.807) is 0 Å². The van der Waals surface area contributed by atoms with E-state index in [0.717, 1.165) is 13.0 Å². The van der Waals surface area contributed by atoms with Crippen LogP contribution in [-0.4, -0.2) is 59.2 Å². The van der Waals surface area contributed by atoms with Crippen LogP contribution in [-0.2, 0) is 4.79 Å². The third-order valence-corrected chi connectivity index (χ3v) is 5.98. The topological polar surface area (TPSA) is 41.4 Å².